The van der Waals surface area contributed by atoms with Crippen LogP contribution in [0.2, 0.25) is 0 Å². The summed E-state index contributed by atoms with van der Waals surface area (Å²) in [5.74, 6) is 3.28. The van der Waals surface area contributed by atoms with Gasteiger partial charge in [0.15, 0.2) is 0 Å². The lowest BCUT2D eigenvalue weighted by Gasteiger charge is -2.35. The van der Waals surface area contributed by atoms with Crippen LogP contribution in [0.3, 0.4) is 0 Å². The Morgan fingerprint density at radius 1 is 0.857 bits per heavy atom. The van der Waals surface area contributed by atoms with Crippen molar-refractivity contribution in [1.82, 2.24) is 0 Å². The van der Waals surface area contributed by atoms with Gasteiger partial charge in [-0.25, -0.2) is 0 Å². The molecule has 0 aromatic carbocycles. The van der Waals surface area contributed by atoms with Crippen LogP contribution in [0.1, 0.15) is 53.4 Å². The third kappa shape index (κ3) is 2.98. The van der Waals surface area contributed by atoms with Gasteiger partial charge in [-0.05, 0) is 49.4 Å². The van der Waals surface area contributed by atoms with Gasteiger partial charge in [0.1, 0.15) is 0 Å². The molecule has 14 heavy (non-hydrogen) atoms. The molecule has 1 aliphatic carbocycles. The Morgan fingerprint density at radius 2 is 1.29 bits per heavy atom. The summed E-state index contributed by atoms with van der Waals surface area (Å²) in [4.78, 5) is 0. The molecule has 0 saturated heterocycles. The zero-order chi connectivity index (χ0) is 10.7. The van der Waals surface area contributed by atoms with Crippen molar-refractivity contribution in [2.45, 2.75) is 59.4 Å². The van der Waals surface area contributed by atoms with Crippen LogP contribution in [0, 0.1) is 23.7 Å². The Morgan fingerprint density at radius 3 is 1.64 bits per heavy atom. The van der Waals surface area contributed by atoms with E-state index < -0.39 is 0 Å². The molecular weight excluding hydrogens is 170 g/mol. The summed E-state index contributed by atoms with van der Waals surface area (Å²) in [6.07, 6.45) is 5.54. The highest BCUT2D eigenvalue weighted by molar-refractivity contribution is 4.82. The molecule has 1 heteroatoms. The Hall–Kier alpha value is -0.0400. The van der Waals surface area contributed by atoms with Crippen molar-refractivity contribution in [3.8, 4) is 0 Å². The molecule has 0 aromatic heterocycles. The first-order valence-corrected chi connectivity index (χ1v) is 6.28. The van der Waals surface area contributed by atoms with E-state index in [0.29, 0.717) is 12.0 Å². The van der Waals surface area contributed by atoms with Gasteiger partial charge in [-0.15, -0.1) is 0 Å². The summed E-state index contributed by atoms with van der Waals surface area (Å²) >= 11 is 0. The lowest BCUT2D eigenvalue weighted by Crippen LogP contribution is -2.37. The molecule has 0 heterocycles. The lowest BCUT2D eigenvalue weighted by atomic mass is 9.73. The molecule has 1 nitrogen and oxygen atoms in total. The molecule has 0 aromatic rings. The van der Waals surface area contributed by atoms with E-state index in [4.69, 9.17) is 5.73 Å². The summed E-state index contributed by atoms with van der Waals surface area (Å²) < 4.78 is 0. The summed E-state index contributed by atoms with van der Waals surface area (Å²) in [6, 6.07) is 0.433. The minimum absolute atomic E-state index is 0.433. The first kappa shape index (κ1) is 12.0. The van der Waals surface area contributed by atoms with Crippen molar-refractivity contribution >= 4 is 0 Å². The fraction of sp³-hybridized carbons (Fsp3) is 1.00. The number of hydrogen-bond acceptors (Lipinski definition) is 1. The minimum atomic E-state index is 0.433. The molecule has 84 valence electrons. The van der Waals surface area contributed by atoms with Gasteiger partial charge in [-0.3, -0.25) is 0 Å². The van der Waals surface area contributed by atoms with E-state index in [-0.39, 0.29) is 0 Å². The summed E-state index contributed by atoms with van der Waals surface area (Å²) in [6.45, 7) is 9.21. The zero-order valence-electron chi connectivity index (χ0n) is 10.3. The van der Waals surface area contributed by atoms with Crippen molar-refractivity contribution in [2.75, 3.05) is 0 Å². The van der Waals surface area contributed by atoms with Gasteiger partial charge in [0, 0.05) is 6.04 Å². The fourth-order valence-corrected chi connectivity index (χ4v) is 2.74. The highest BCUT2D eigenvalue weighted by Crippen LogP contribution is 2.35. The van der Waals surface area contributed by atoms with Crippen LogP contribution in [0.15, 0.2) is 0 Å². The van der Waals surface area contributed by atoms with E-state index in [2.05, 4.69) is 27.7 Å². The predicted molar refractivity (Wildman–Crippen MR) is 63.1 cm³/mol. The van der Waals surface area contributed by atoms with Crippen LogP contribution in [0.25, 0.3) is 0 Å². The average Bonchev–Trinajstić information content (AvgIpc) is 2.16. The highest BCUT2D eigenvalue weighted by atomic mass is 14.7. The summed E-state index contributed by atoms with van der Waals surface area (Å²) in [5.41, 5.74) is 6.21. The molecule has 1 aliphatic rings. The maximum absolute atomic E-state index is 6.21. The van der Waals surface area contributed by atoms with Gasteiger partial charge in [0.2, 0.25) is 0 Å². The topological polar surface area (TPSA) is 26.0 Å². The van der Waals surface area contributed by atoms with Crippen molar-refractivity contribution < 1.29 is 0 Å². The maximum atomic E-state index is 6.21. The van der Waals surface area contributed by atoms with Crippen molar-refractivity contribution in [3.63, 3.8) is 0 Å². The summed E-state index contributed by atoms with van der Waals surface area (Å²) in [5, 5.41) is 0. The van der Waals surface area contributed by atoms with E-state index in [1.165, 1.54) is 25.7 Å². The van der Waals surface area contributed by atoms with Crippen LogP contribution in [-0.2, 0) is 0 Å². The number of hydrogen-bond donors (Lipinski definition) is 1. The molecule has 1 fully saturated rings. The van der Waals surface area contributed by atoms with Crippen LogP contribution < -0.4 is 5.73 Å². The molecule has 1 rings (SSSR count). The molecule has 0 spiro atoms. The van der Waals surface area contributed by atoms with Gasteiger partial charge in [-0.2, -0.15) is 0 Å². The third-order valence-corrected chi connectivity index (χ3v) is 4.07. The SMILES string of the molecule is CC(C)C1CCC(C(N)C(C)C)CC1. The average molecular weight is 197 g/mol. The zero-order valence-corrected chi connectivity index (χ0v) is 10.3. The van der Waals surface area contributed by atoms with Gasteiger partial charge in [-0.1, -0.05) is 27.7 Å². The number of nitrogens with two attached hydrogens (primary N) is 1. The monoisotopic (exact) mass is 197 g/mol. The Bertz CT molecular complexity index is 155. The second-order valence-corrected chi connectivity index (χ2v) is 5.74. The van der Waals surface area contributed by atoms with Crippen molar-refractivity contribution in [3.05, 3.63) is 0 Å². The van der Waals surface area contributed by atoms with Crippen LogP contribution >= 0.6 is 0 Å². The lowest BCUT2D eigenvalue weighted by molar-refractivity contribution is 0.185. The van der Waals surface area contributed by atoms with E-state index in [1.807, 2.05) is 0 Å². The highest BCUT2D eigenvalue weighted by Gasteiger charge is 2.27. The minimum Gasteiger partial charge on any atom is -0.327 e. The van der Waals surface area contributed by atoms with E-state index in [9.17, 15) is 0 Å². The largest absolute Gasteiger partial charge is 0.327 e. The molecule has 1 unspecified atom stereocenters. The van der Waals surface area contributed by atoms with Crippen molar-refractivity contribution in [2.24, 2.45) is 29.4 Å². The smallest absolute Gasteiger partial charge is 0.00903 e. The molecule has 1 saturated carbocycles. The number of rotatable bonds is 3. The molecule has 1 atom stereocenters. The standard InChI is InChI=1S/C13H27N/c1-9(2)11-5-7-12(8-6-11)13(14)10(3)4/h9-13H,5-8,14H2,1-4H3. The molecule has 0 aliphatic heterocycles. The first-order chi connectivity index (χ1) is 6.52. The van der Waals surface area contributed by atoms with E-state index >= 15 is 0 Å². The predicted octanol–water partition coefficient (Wildman–Crippen LogP) is 3.43. The quantitative estimate of drug-likeness (QED) is 0.737. The van der Waals surface area contributed by atoms with E-state index in [1.54, 1.807) is 0 Å². The first-order valence-electron chi connectivity index (χ1n) is 6.28. The van der Waals surface area contributed by atoms with Gasteiger partial charge in [0.25, 0.3) is 0 Å². The molecule has 0 bridgehead atoms. The van der Waals surface area contributed by atoms with Crippen LogP contribution in [-0.4, -0.2) is 6.04 Å². The maximum Gasteiger partial charge on any atom is 0.00903 e. The normalized spacial score (nSPS) is 31.1. The molecule has 0 radical (unpaired) electrons. The Balaban J connectivity index is 2.35. The van der Waals surface area contributed by atoms with Crippen LogP contribution in [0.4, 0.5) is 0 Å². The van der Waals surface area contributed by atoms with E-state index in [0.717, 1.165) is 17.8 Å². The van der Waals surface area contributed by atoms with Crippen LogP contribution in [0.5, 0.6) is 0 Å². The second kappa shape index (κ2) is 5.16. The molecule has 0 amide bonds. The summed E-state index contributed by atoms with van der Waals surface area (Å²) in [7, 11) is 0. The van der Waals surface area contributed by atoms with Gasteiger partial charge >= 0.3 is 0 Å². The Kier molecular flexibility index (Phi) is 4.43. The third-order valence-electron chi connectivity index (χ3n) is 4.07. The van der Waals surface area contributed by atoms with Gasteiger partial charge in [0.05, 0.1) is 0 Å². The van der Waals surface area contributed by atoms with Crippen molar-refractivity contribution in [1.29, 1.82) is 0 Å². The fourth-order valence-electron chi connectivity index (χ4n) is 2.74. The van der Waals surface area contributed by atoms with Gasteiger partial charge < -0.3 is 5.73 Å². The Labute approximate surface area is 89.5 Å². The second-order valence-electron chi connectivity index (χ2n) is 5.74. The molecule has 2 N–H and O–H groups in total. The molecular formula is C13H27N.